The maximum Gasteiger partial charge on any atom is 0.251 e. The Labute approximate surface area is 142 Å². The van der Waals surface area contributed by atoms with Crippen LogP contribution in [-0.2, 0) is 11.3 Å². The molecule has 0 bridgehead atoms. The van der Waals surface area contributed by atoms with Crippen LogP contribution in [0.25, 0.3) is 0 Å². The van der Waals surface area contributed by atoms with Crippen molar-refractivity contribution in [3.63, 3.8) is 0 Å². The van der Waals surface area contributed by atoms with Crippen molar-refractivity contribution in [2.24, 2.45) is 0 Å². The van der Waals surface area contributed by atoms with E-state index in [1.54, 1.807) is 31.2 Å². The number of hydrogen-bond acceptors (Lipinski definition) is 3. The van der Waals surface area contributed by atoms with E-state index in [-0.39, 0.29) is 18.4 Å². The minimum Gasteiger partial charge on any atom is -0.497 e. The molecule has 1 N–H and O–H groups in total. The van der Waals surface area contributed by atoms with E-state index in [4.69, 9.17) is 4.74 Å². The van der Waals surface area contributed by atoms with E-state index < -0.39 is 0 Å². The molecule has 2 amide bonds. The summed E-state index contributed by atoms with van der Waals surface area (Å²) in [7, 11) is 3.33. The molecule has 2 rings (SSSR count). The lowest BCUT2D eigenvalue weighted by Gasteiger charge is -2.18. The van der Waals surface area contributed by atoms with E-state index in [0.717, 1.165) is 16.9 Å². The Hall–Kier alpha value is -2.82. The second-order valence-electron chi connectivity index (χ2n) is 5.60. The number of carbonyl (C=O) groups excluding carboxylic acids is 2. The Morgan fingerprint density at radius 1 is 1.08 bits per heavy atom. The molecule has 5 heteroatoms. The van der Waals surface area contributed by atoms with Gasteiger partial charge in [-0.05, 0) is 36.2 Å². The van der Waals surface area contributed by atoms with E-state index in [0.29, 0.717) is 12.1 Å². The standard InChI is InChI=1S/C19H22N2O3/c1-14-6-4-5-7-17(14)19(23)20-12-18(22)21(2)13-15-8-10-16(24-3)11-9-15/h4-11H,12-13H2,1-3H3,(H,20,23). The fourth-order valence-corrected chi connectivity index (χ4v) is 2.31. The van der Waals surface area contributed by atoms with Crippen LogP contribution in [0.2, 0.25) is 0 Å². The molecule has 0 saturated heterocycles. The van der Waals surface area contributed by atoms with Crippen LogP contribution in [0.1, 0.15) is 21.5 Å². The first kappa shape index (κ1) is 17.5. The van der Waals surface area contributed by atoms with Crippen LogP contribution < -0.4 is 10.1 Å². The number of ether oxygens (including phenoxy) is 1. The molecule has 0 aliphatic rings. The van der Waals surface area contributed by atoms with E-state index in [9.17, 15) is 9.59 Å². The average Bonchev–Trinajstić information content (AvgIpc) is 2.60. The molecule has 0 heterocycles. The number of nitrogens with zero attached hydrogens (tertiary/aromatic N) is 1. The van der Waals surface area contributed by atoms with Crippen LogP contribution in [-0.4, -0.2) is 37.4 Å². The quantitative estimate of drug-likeness (QED) is 0.887. The number of methoxy groups -OCH3 is 1. The molecule has 2 aromatic carbocycles. The van der Waals surface area contributed by atoms with E-state index >= 15 is 0 Å². The zero-order valence-electron chi connectivity index (χ0n) is 14.2. The van der Waals surface area contributed by atoms with Crippen LogP contribution in [0.3, 0.4) is 0 Å². The molecule has 0 unspecified atom stereocenters. The third kappa shape index (κ3) is 4.59. The second-order valence-corrected chi connectivity index (χ2v) is 5.60. The van der Waals surface area contributed by atoms with Gasteiger partial charge in [0.2, 0.25) is 5.91 Å². The Balaban J connectivity index is 1.87. The topological polar surface area (TPSA) is 58.6 Å². The lowest BCUT2D eigenvalue weighted by atomic mass is 10.1. The van der Waals surface area contributed by atoms with Crippen molar-refractivity contribution in [2.45, 2.75) is 13.5 Å². The van der Waals surface area contributed by atoms with Gasteiger partial charge in [0.05, 0.1) is 13.7 Å². The van der Waals surface area contributed by atoms with Crippen molar-refractivity contribution >= 4 is 11.8 Å². The molecule has 0 radical (unpaired) electrons. The molecule has 0 atom stereocenters. The molecule has 2 aromatic rings. The molecule has 0 aromatic heterocycles. The van der Waals surface area contributed by atoms with Gasteiger partial charge in [0.15, 0.2) is 0 Å². The number of carbonyl (C=O) groups is 2. The molecular formula is C19H22N2O3. The summed E-state index contributed by atoms with van der Waals surface area (Å²) in [5.41, 5.74) is 2.47. The molecule has 24 heavy (non-hydrogen) atoms. The summed E-state index contributed by atoms with van der Waals surface area (Å²) in [5, 5.41) is 2.67. The Bertz CT molecular complexity index is 711. The predicted octanol–water partition coefficient (Wildman–Crippen LogP) is 2.39. The van der Waals surface area contributed by atoms with Crippen molar-refractivity contribution in [2.75, 3.05) is 20.7 Å². The lowest BCUT2D eigenvalue weighted by molar-refractivity contribution is -0.129. The van der Waals surface area contributed by atoms with Gasteiger partial charge in [-0.25, -0.2) is 0 Å². The predicted molar refractivity (Wildman–Crippen MR) is 93.0 cm³/mol. The number of hydrogen-bond donors (Lipinski definition) is 1. The summed E-state index contributed by atoms with van der Waals surface area (Å²) >= 11 is 0. The van der Waals surface area contributed by atoms with Gasteiger partial charge in [-0.2, -0.15) is 0 Å². The minimum atomic E-state index is -0.237. The van der Waals surface area contributed by atoms with Gasteiger partial charge in [0.1, 0.15) is 5.75 Å². The molecule has 0 fully saturated rings. The van der Waals surface area contributed by atoms with Gasteiger partial charge in [-0.3, -0.25) is 9.59 Å². The summed E-state index contributed by atoms with van der Waals surface area (Å²) in [5.74, 6) is 0.394. The van der Waals surface area contributed by atoms with Crippen molar-refractivity contribution in [3.05, 3.63) is 65.2 Å². The zero-order chi connectivity index (χ0) is 17.5. The van der Waals surface area contributed by atoms with E-state index in [1.807, 2.05) is 43.3 Å². The van der Waals surface area contributed by atoms with Crippen molar-refractivity contribution in [1.82, 2.24) is 10.2 Å². The van der Waals surface area contributed by atoms with Crippen molar-refractivity contribution in [1.29, 1.82) is 0 Å². The van der Waals surface area contributed by atoms with Crippen LogP contribution in [0.4, 0.5) is 0 Å². The van der Waals surface area contributed by atoms with E-state index in [2.05, 4.69) is 5.32 Å². The highest BCUT2D eigenvalue weighted by Crippen LogP contribution is 2.12. The van der Waals surface area contributed by atoms with Gasteiger partial charge >= 0.3 is 0 Å². The number of benzene rings is 2. The van der Waals surface area contributed by atoms with Crippen LogP contribution in [0.15, 0.2) is 48.5 Å². The Morgan fingerprint density at radius 2 is 1.75 bits per heavy atom. The summed E-state index contributed by atoms with van der Waals surface area (Å²) in [6.45, 7) is 2.31. The molecule has 0 saturated carbocycles. The number of aryl methyl sites for hydroxylation is 1. The van der Waals surface area contributed by atoms with Gasteiger partial charge in [-0.1, -0.05) is 30.3 Å². The summed E-state index contributed by atoms with van der Waals surface area (Å²) in [6.07, 6.45) is 0. The number of nitrogens with one attached hydrogen (secondary N) is 1. The SMILES string of the molecule is COc1ccc(CN(C)C(=O)CNC(=O)c2ccccc2C)cc1. The fraction of sp³-hybridized carbons (Fsp3) is 0.263. The molecule has 126 valence electrons. The Kier molecular flexibility index (Phi) is 5.95. The number of amides is 2. The van der Waals surface area contributed by atoms with Crippen molar-refractivity contribution < 1.29 is 14.3 Å². The highest BCUT2D eigenvalue weighted by atomic mass is 16.5. The highest BCUT2D eigenvalue weighted by Gasteiger charge is 2.13. The third-order valence-corrected chi connectivity index (χ3v) is 3.79. The number of likely N-dealkylation sites (N-methyl/N-ethyl adjacent to an activating group) is 1. The molecule has 0 spiro atoms. The van der Waals surface area contributed by atoms with Crippen LogP contribution >= 0.6 is 0 Å². The molecule has 0 aliphatic carbocycles. The maximum atomic E-state index is 12.2. The first-order valence-electron chi connectivity index (χ1n) is 7.72. The van der Waals surface area contributed by atoms with Gasteiger partial charge in [0.25, 0.3) is 5.91 Å². The monoisotopic (exact) mass is 326 g/mol. The average molecular weight is 326 g/mol. The van der Waals surface area contributed by atoms with Crippen LogP contribution in [0.5, 0.6) is 5.75 Å². The summed E-state index contributed by atoms with van der Waals surface area (Å²) < 4.78 is 5.11. The number of rotatable bonds is 6. The normalized spacial score (nSPS) is 10.1. The van der Waals surface area contributed by atoms with E-state index in [1.165, 1.54) is 0 Å². The third-order valence-electron chi connectivity index (χ3n) is 3.79. The minimum absolute atomic E-state index is 0.0280. The summed E-state index contributed by atoms with van der Waals surface area (Å²) in [6, 6.07) is 14.8. The van der Waals surface area contributed by atoms with Crippen LogP contribution in [0, 0.1) is 6.92 Å². The first-order valence-corrected chi connectivity index (χ1v) is 7.72. The molecule has 5 nitrogen and oxygen atoms in total. The smallest absolute Gasteiger partial charge is 0.251 e. The fourth-order valence-electron chi connectivity index (χ4n) is 2.31. The van der Waals surface area contributed by atoms with Gasteiger partial charge in [0, 0.05) is 19.2 Å². The first-order chi connectivity index (χ1) is 11.5. The Morgan fingerprint density at radius 3 is 2.38 bits per heavy atom. The van der Waals surface area contributed by atoms with Crippen molar-refractivity contribution in [3.8, 4) is 5.75 Å². The largest absolute Gasteiger partial charge is 0.497 e. The second kappa shape index (κ2) is 8.15. The summed E-state index contributed by atoms with van der Waals surface area (Å²) in [4.78, 5) is 25.9. The van der Waals surface area contributed by atoms with Gasteiger partial charge < -0.3 is 15.0 Å². The maximum absolute atomic E-state index is 12.2. The molecular weight excluding hydrogens is 304 g/mol. The lowest BCUT2D eigenvalue weighted by Crippen LogP contribution is -2.38. The zero-order valence-corrected chi connectivity index (χ0v) is 14.2. The molecule has 0 aliphatic heterocycles. The van der Waals surface area contributed by atoms with Gasteiger partial charge in [-0.15, -0.1) is 0 Å². The highest BCUT2D eigenvalue weighted by molar-refractivity contribution is 5.97.